The number of imide groups is 1. The van der Waals surface area contributed by atoms with E-state index in [1.54, 1.807) is 18.2 Å². The number of nitrogens with one attached hydrogen (secondary N) is 2. The number of guanidine groups is 1. The van der Waals surface area contributed by atoms with Crippen molar-refractivity contribution < 1.29 is 19.5 Å². The number of amides is 3. The molecule has 1 fully saturated rings. The average molecular weight is 386 g/mol. The first-order chi connectivity index (χ1) is 11.8. The molecule has 11 heteroatoms. The lowest BCUT2D eigenvalue weighted by Gasteiger charge is -2.35. The van der Waals surface area contributed by atoms with Gasteiger partial charge < -0.3 is 20.2 Å². The van der Waals surface area contributed by atoms with E-state index in [-0.39, 0.29) is 5.96 Å². The van der Waals surface area contributed by atoms with Gasteiger partial charge in [-0.15, -0.1) is 0 Å². The van der Waals surface area contributed by atoms with Crippen LogP contribution in [-0.2, 0) is 9.59 Å². The van der Waals surface area contributed by atoms with Crippen molar-refractivity contribution >= 4 is 52.8 Å². The molecule has 2 atom stereocenters. The fourth-order valence-electron chi connectivity index (χ4n) is 2.66. The summed E-state index contributed by atoms with van der Waals surface area (Å²) in [6.45, 7) is -0.485. The van der Waals surface area contributed by atoms with Crippen LogP contribution < -0.4 is 10.6 Å². The summed E-state index contributed by atoms with van der Waals surface area (Å²) in [4.78, 5) is 42.0. The van der Waals surface area contributed by atoms with Crippen molar-refractivity contribution in [3.63, 3.8) is 0 Å². The Morgan fingerprint density at radius 3 is 2.80 bits per heavy atom. The number of aliphatic imine (C=N–C) groups is 1. The second kappa shape index (κ2) is 6.41. The predicted octanol–water partition coefficient (Wildman–Crippen LogP) is 1.04. The first-order valence-electron chi connectivity index (χ1n) is 7.14. The van der Waals surface area contributed by atoms with Crippen LogP contribution in [-0.4, -0.2) is 64.6 Å². The average Bonchev–Trinajstić information content (AvgIpc) is 2.87. The highest BCUT2D eigenvalue weighted by Crippen LogP contribution is 2.29. The van der Waals surface area contributed by atoms with E-state index in [2.05, 4.69) is 15.6 Å². The number of carbonyl (C=O) groups is 3. The van der Waals surface area contributed by atoms with Crippen LogP contribution in [0, 0.1) is 0 Å². The van der Waals surface area contributed by atoms with Gasteiger partial charge in [0.15, 0.2) is 12.2 Å². The molecule has 2 aliphatic heterocycles. The van der Waals surface area contributed by atoms with Gasteiger partial charge in [0.25, 0.3) is 5.91 Å². The van der Waals surface area contributed by atoms with Crippen molar-refractivity contribution in [1.82, 2.24) is 15.1 Å². The maximum atomic E-state index is 12.2. The number of carboxylic acid groups (broad SMARTS) is 1. The summed E-state index contributed by atoms with van der Waals surface area (Å²) in [6, 6.07) is 3.15. The molecule has 9 nitrogen and oxygen atoms in total. The van der Waals surface area contributed by atoms with Gasteiger partial charge in [0, 0.05) is 12.1 Å². The van der Waals surface area contributed by atoms with Gasteiger partial charge in [-0.25, -0.2) is 9.79 Å². The molecule has 0 saturated carbocycles. The number of carboxylic acids is 1. The number of hydrogen-bond acceptors (Lipinski definition) is 6. The summed E-state index contributed by atoms with van der Waals surface area (Å²) in [5, 5.41) is 15.0. The summed E-state index contributed by atoms with van der Waals surface area (Å²) < 4.78 is 0. The zero-order valence-electron chi connectivity index (χ0n) is 12.9. The Hall–Kier alpha value is -2.52. The minimum atomic E-state index is -1.15. The number of nitrogens with zero attached hydrogens (tertiary/aromatic N) is 3. The summed E-state index contributed by atoms with van der Waals surface area (Å²) in [6.07, 6.45) is -0.846. The van der Waals surface area contributed by atoms with E-state index in [1.807, 2.05) is 0 Å². The molecule has 0 radical (unpaired) electrons. The van der Waals surface area contributed by atoms with Gasteiger partial charge in [-0.2, -0.15) is 0 Å². The van der Waals surface area contributed by atoms with E-state index in [9.17, 15) is 14.4 Å². The van der Waals surface area contributed by atoms with Gasteiger partial charge in [-0.3, -0.25) is 14.9 Å². The first-order valence-corrected chi connectivity index (χ1v) is 7.89. The Balaban J connectivity index is 1.97. The van der Waals surface area contributed by atoms with Crippen LogP contribution in [0.15, 0.2) is 23.2 Å². The third kappa shape index (κ3) is 3.20. The van der Waals surface area contributed by atoms with Crippen molar-refractivity contribution in [2.75, 3.05) is 18.9 Å². The van der Waals surface area contributed by atoms with Crippen LogP contribution in [0.1, 0.15) is 0 Å². The van der Waals surface area contributed by atoms with Crippen molar-refractivity contribution in [3.05, 3.63) is 28.2 Å². The number of fused-ring (bicyclic) bond motifs is 1. The first kappa shape index (κ1) is 17.3. The second-order valence-electron chi connectivity index (χ2n) is 5.49. The van der Waals surface area contributed by atoms with Crippen LogP contribution in [0.5, 0.6) is 0 Å². The topological polar surface area (TPSA) is 114 Å². The van der Waals surface area contributed by atoms with Gasteiger partial charge in [0.05, 0.1) is 10.7 Å². The Kier molecular flexibility index (Phi) is 4.44. The Bertz CT molecular complexity index is 799. The quantitative estimate of drug-likeness (QED) is 0.715. The van der Waals surface area contributed by atoms with Crippen LogP contribution in [0.2, 0.25) is 10.0 Å². The molecular formula is C14H13Cl2N5O4. The van der Waals surface area contributed by atoms with Crippen molar-refractivity contribution in [3.8, 4) is 0 Å². The Morgan fingerprint density at radius 2 is 2.12 bits per heavy atom. The predicted molar refractivity (Wildman–Crippen MR) is 90.7 cm³/mol. The van der Waals surface area contributed by atoms with Gasteiger partial charge in [0.1, 0.15) is 6.54 Å². The van der Waals surface area contributed by atoms with Gasteiger partial charge >= 0.3 is 12.0 Å². The molecule has 0 bridgehead atoms. The zero-order chi connectivity index (χ0) is 18.3. The minimum absolute atomic E-state index is 0.110. The summed E-state index contributed by atoms with van der Waals surface area (Å²) in [7, 11) is 1.47. The molecule has 3 rings (SSSR count). The maximum Gasteiger partial charge on any atom is 0.325 e. The van der Waals surface area contributed by atoms with Gasteiger partial charge in [-0.05, 0) is 18.2 Å². The smallest absolute Gasteiger partial charge is 0.325 e. The molecule has 3 amide bonds. The zero-order valence-corrected chi connectivity index (χ0v) is 14.4. The molecule has 2 aliphatic rings. The third-order valence-corrected chi connectivity index (χ3v) is 4.41. The van der Waals surface area contributed by atoms with Crippen LogP contribution in [0.4, 0.5) is 10.5 Å². The summed E-state index contributed by atoms with van der Waals surface area (Å²) in [5.74, 6) is -1.66. The number of carbonyl (C=O) groups excluding carboxylic acids is 2. The highest BCUT2D eigenvalue weighted by Gasteiger charge is 2.49. The van der Waals surface area contributed by atoms with Crippen LogP contribution in [0.3, 0.4) is 0 Å². The van der Waals surface area contributed by atoms with Crippen molar-refractivity contribution in [2.24, 2.45) is 4.99 Å². The van der Waals surface area contributed by atoms with Crippen LogP contribution >= 0.6 is 23.2 Å². The SMILES string of the molecule is CN1C(=O)NC(=O)C2C1N=C(Nc1cc(Cl)ccc1Cl)N2CC(=O)O. The van der Waals surface area contributed by atoms with Crippen molar-refractivity contribution in [2.45, 2.75) is 12.2 Å². The lowest BCUT2D eigenvalue weighted by molar-refractivity contribution is -0.138. The fourth-order valence-corrected chi connectivity index (χ4v) is 3.00. The molecule has 2 unspecified atom stereocenters. The van der Waals surface area contributed by atoms with E-state index in [1.165, 1.54) is 16.8 Å². The largest absolute Gasteiger partial charge is 0.480 e. The summed E-state index contributed by atoms with van der Waals surface area (Å²) >= 11 is 12.1. The number of anilines is 1. The van der Waals surface area contributed by atoms with Gasteiger partial charge in [-0.1, -0.05) is 23.2 Å². The van der Waals surface area contributed by atoms with E-state index in [0.29, 0.717) is 15.7 Å². The summed E-state index contributed by atoms with van der Waals surface area (Å²) in [5.41, 5.74) is 0.399. The van der Waals surface area contributed by atoms with Gasteiger partial charge in [0.2, 0.25) is 5.96 Å². The number of aliphatic carboxylic acids is 1. The molecule has 1 aromatic rings. The molecular weight excluding hydrogens is 373 g/mol. The highest BCUT2D eigenvalue weighted by atomic mass is 35.5. The lowest BCUT2D eigenvalue weighted by atomic mass is 10.1. The highest BCUT2D eigenvalue weighted by molar-refractivity contribution is 6.35. The Morgan fingerprint density at radius 1 is 1.40 bits per heavy atom. The second-order valence-corrected chi connectivity index (χ2v) is 6.33. The Labute approximate surface area is 152 Å². The molecule has 2 heterocycles. The van der Waals surface area contributed by atoms with Crippen molar-refractivity contribution in [1.29, 1.82) is 0 Å². The molecule has 3 N–H and O–H groups in total. The van der Waals surface area contributed by atoms with E-state index < -0.39 is 36.7 Å². The number of benzene rings is 1. The maximum absolute atomic E-state index is 12.2. The number of rotatable bonds is 3. The van der Waals surface area contributed by atoms with E-state index in [4.69, 9.17) is 28.3 Å². The normalized spacial score (nSPS) is 22.4. The minimum Gasteiger partial charge on any atom is -0.480 e. The number of likely N-dealkylation sites (N-methyl/N-ethyl adjacent to an activating group) is 1. The molecule has 1 aromatic carbocycles. The van der Waals surface area contributed by atoms with E-state index >= 15 is 0 Å². The third-order valence-electron chi connectivity index (χ3n) is 3.84. The van der Waals surface area contributed by atoms with Crippen LogP contribution in [0.25, 0.3) is 0 Å². The number of urea groups is 1. The lowest BCUT2D eigenvalue weighted by Crippen LogP contribution is -2.64. The number of hydrogen-bond donors (Lipinski definition) is 3. The standard InChI is InChI=1S/C14H13Cl2N5O4/c1-20-11-10(12(24)19-14(20)25)21(5-9(22)23)13(18-11)17-8-4-6(15)2-3-7(8)16/h2-4,10-11H,5H2,1H3,(H,17,18)(H,22,23)(H,19,24,25). The molecule has 1 saturated heterocycles. The fraction of sp³-hybridized carbons (Fsp3) is 0.286. The molecule has 0 aliphatic carbocycles. The molecule has 0 spiro atoms. The monoisotopic (exact) mass is 385 g/mol. The van der Waals surface area contributed by atoms with E-state index in [0.717, 1.165) is 0 Å². The molecule has 25 heavy (non-hydrogen) atoms. The molecule has 0 aromatic heterocycles. The molecule has 132 valence electrons. The number of halogens is 2.